The second-order valence-electron chi connectivity index (χ2n) is 6.14. The first kappa shape index (κ1) is 17.5. The molecule has 1 fully saturated rings. The maximum Gasteiger partial charge on any atom is 0.128 e. The van der Waals surface area contributed by atoms with Crippen molar-refractivity contribution in [2.75, 3.05) is 58.5 Å². The van der Waals surface area contributed by atoms with Crippen LogP contribution >= 0.6 is 11.6 Å². The number of methoxy groups -OCH3 is 1. The molecule has 6 heteroatoms. The summed E-state index contributed by atoms with van der Waals surface area (Å²) in [5.41, 5.74) is 0. The molecule has 0 aliphatic carbocycles. The van der Waals surface area contributed by atoms with Crippen LogP contribution in [0.25, 0.3) is 0 Å². The molecule has 0 aromatic carbocycles. The molecule has 124 valence electrons. The summed E-state index contributed by atoms with van der Waals surface area (Å²) in [4.78, 5) is 8.97. The van der Waals surface area contributed by atoms with Gasteiger partial charge >= 0.3 is 0 Å². The monoisotopic (exact) mass is 327 g/mol. The van der Waals surface area contributed by atoms with Gasteiger partial charge in [0.2, 0.25) is 0 Å². The van der Waals surface area contributed by atoms with E-state index in [-0.39, 0.29) is 6.61 Å². The van der Waals surface area contributed by atoms with E-state index in [1.54, 1.807) is 13.3 Å². The summed E-state index contributed by atoms with van der Waals surface area (Å²) >= 11 is 5.91. The van der Waals surface area contributed by atoms with Crippen molar-refractivity contribution in [2.45, 2.75) is 6.42 Å². The van der Waals surface area contributed by atoms with E-state index in [4.69, 9.17) is 16.3 Å². The first-order valence-electron chi connectivity index (χ1n) is 7.77. The maximum atomic E-state index is 9.59. The third kappa shape index (κ3) is 5.09. The van der Waals surface area contributed by atoms with Gasteiger partial charge in [-0.15, -0.1) is 0 Å². The Kier molecular flexibility index (Phi) is 6.89. The molecule has 2 atom stereocenters. The lowest BCUT2D eigenvalue weighted by atomic mass is 9.89. The highest BCUT2D eigenvalue weighted by molar-refractivity contribution is 6.30. The second kappa shape index (κ2) is 8.67. The molecule has 1 aromatic heterocycles. The van der Waals surface area contributed by atoms with E-state index in [1.165, 1.54) is 0 Å². The van der Waals surface area contributed by atoms with Crippen LogP contribution in [-0.2, 0) is 4.74 Å². The van der Waals surface area contributed by atoms with E-state index in [1.807, 2.05) is 12.1 Å². The van der Waals surface area contributed by atoms with Crippen LogP contribution in [0.2, 0.25) is 5.02 Å². The van der Waals surface area contributed by atoms with E-state index < -0.39 is 0 Å². The highest BCUT2D eigenvalue weighted by Crippen LogP contribution is 2.26. The van der Waals surface area contributed by atoms with Gasteiger partial charge in [-0.25, -0.2) is 4.98 Å². The highest BCUT2D eigenvalue weighted by Gasteiger charge is 2.28. The topological polar surface area (TPSA) is 48.8 Å². The van der Waals surface area contributed by atoms with Gasteiger partial charge in [-0.3, -0.25) is 0 Å². The molecule has 2 heterocycles. The van der Waals surface area contributed by atoms with E-state index in [0.717, 1.165) is 45.0 Å². The number of nitrogens with zero attached hydrogens (tertiary/aromatic N) is 3. The molecular formula is C16H26ClN3O2. The van der Waals surface area contributed by atoms with Crippen LogP contribution in [0.3, 0.4) is 0 Å². The highest BCUT2D eigenvalue weighted by atomic mass is 35.5. The van der Waals surface area contributed by atoms with Gasteiger partial charge in [0.25, 0.3) is 0 Å². The number of aliphatic hydroxyl groups excluding tert-OH is 1. The second-order valence-corrected chi connectivity index (χ2v) is 6.58. The van der Waals surface area contributed by atoms with Gasteiger partial charge in [-0.1, -0.05) is 11.6 Å². The molecule has 1 aliphatic heterocycles. The molecule has 0 unspecified atom stereocenters. The number of pyridine rings is 1. The molecule has 22 heavy (non-hydrogen) atoms. The van der Waals surface area contributed by atoms with Crippen molar-refractivity contribution < 1.29 is 9.84 Å². The number of aliphatic hydroxyl groups is 1. The smallest absolute Gasteiger partial charge is 0.128 e. The molecule has 0 radical (unpaired) electrons. The number of likely N-dealkylation sites (N-methyl/N-ethyl adjacent to an activating group) is 1. The zero-order chi connectivity index (χ0) is 15.9. The number of hydrogen-bond acceptors (Lipinski definition) is 5. The number of anilines is 1. The third-order valence-corrected chi connectivity index (χ3v) is 4.39. The fourth-order valence-electron chi connectivity index (χ4n) is 3.10. The lowest BCUT2D eigenvalue weighted by Gasteiger charge is -2.39. The van der Waals surface area contributed by atoms with E-state index in [2.05, 4.69) is 21.8 Å². The molecular weight excluding hydrogens is 302 g/mol. The predicted molar refractivity (Wildman–Crippen MR) is 89.5 cm³/mol. The average Bonchev–Trinajstić information content (AvgIpc) is 2.53. The number of halogens is 1. The Morgan fingerprint density at radius 2 is 2.18 bits per heavy atom. The van der Waals surface area contributed by atoms with Crippen molar-refractivity contribution in [3.05, 3.63) is 23.4 Å². The first-order chi connectivity index (χ1) is 10.6. The van der Waals surface area contributed by atoms with Crippen LogP contribution in [0.5, 0.6) is 0 Å². The molecule has 0 bridgehead atoms. The molecule has 0 spiro atoms. The largest absolute Gasteiger partial charge is 0.396 e. The standard InChI is InChI=1S/C16H26ClN3O2/c1-19(5-6-22-2)9-13-7-14(12-21)11-20(10-13)16-4-3-15(17)8-18-16/h3-4,8,13-14,21H,5-7,9-12H2,1-2H3/t13-,14+/m1/s1. The minimum Gasteiger partial charge on any atom is -0.396 e. The molecule has 5 nitrogen and oxygen atoms in total. The van der Waals surface area contributed by atoms with Gasteiger partial charge in [0, 0.05) is 46.1 Å². The fraction of sp³-hybridized carbons (Fsp3) is 0.688. The van der Waals surface area contributed by atoms with Gasteiger partial charge in [0.1, 0.15) is 5.82 Å². The Bertz CT molecular complexity index is 444. The molecule has 1 N–H and O–H groups in total. The number of hydrogen-bond donors (Lipinski definition) is 1. The summed E-state index contributed by atoms with van der Waals surface area (Å²) in [5, 5.41) is 10.2. The van der Waals surface area contributed by atoms with Crippen LogP contribution in [0.4, 0.5) is 5.82 Å². The van der Waals surface area contributed by atoms with Gasteiger partial charge in [0.15, 0.2) is 0 Å². The van der Waals surface area contributed by atoms with Gasteiger partial charge in [-0.05, 0) is 37.4 Å². The summed E-state index contributed by atoms with van der Waals surface area (Å²) in [7, 11) is 3.84. The lowest BCUT2D eigenvalue weighted by Crippen LogP contribution is -2.45. The van der Waals surface area contributed by atoms with Crippen molar-refractivity contribution in [2.24, 2.45) is 11.8 Å². The number of ether oxygens (including phenoxy) is 1. The Morgan fingerprint density at radius 3 is 2.82 bits per heavy atom. The van der Waals surface area contributed by atoms with E-state index >= 15 is 0 Å². The Morgan fingerprint density at radius 1 is 1.41 bits per heavy atom. The number of aromatic nitrogens is 1. The number of piperidine rings is 1. The van der Waals surface area contributed by atoms with Crippen LogP contribution in [0.15, 0.2) is 18.3 Å². The summed E-state index contributed by atoms with van der Waals surface area (Å²) < 4.78 is 5.13. The van der Waals surface area contributed by atoms with Crippen LogP contribution in [0, 0.1) is 11.8 Å². The molecule has 1 aromatic rings. The zero-order valence-corrected chi connectivity index (χ0v) is 14.2. The average molecular weight is 328 g/mol. The quantitative estimate of drug-likeness (QED) is 0.827. The van der Waals surface area contributed by atoms with Crippen molar-refractivity contribution >= 4 is 17.4 Å². The Hall–Kier alpha value is -0.880. The van der Waals surface area contributed by atoms with Crippen molar-refractivity contribution in [1.29, 1.82) is 0 Å². The molecule has 0 saturated carbocycles. The zero-order valence-electron chi connectivity index (χ0n) is 13.4. The van der Waals surface area contributed by atoms with E-state index in [9.17, 15) is 5.11 Å². The van der Waals surface area contributed by atoms with Crippen molar-refractivity contribution in [3.63, 3.8) is 0 Å². The SMILES string of the molecule is COCCN(C)C[C@H]1C[C@H](CO)CN(c2ccc(Cl)cn2)C1. The summed E-state index contributed by atoms with van der Waals surface area (Å²) in [6.45, 7) is 4.71. The molecule has 1 aliphatic rings. The minimum absolute atomic E-state index is 0.225. The Labute approximate surface area is 137 Å². The maximum absolute atomic E-state index is 9.59. The van der Waals surface area contributed by atoms with Gasteiger partial charge in [0.05, 0.1) is 11.6 Å². The van der Waals surface area contributed by atoms with Gasteiger partial charge < -0.3 is 19.6 Å². The summed E-state index contributed by atoms with van der Waals surface area (Å²) in [6.07, 6.45) is 2.73. The lowest BCUT2D eigenvalue weighted by molar-refractivity contribution is 0.133. The van der Waals surface area contributed by atoms with Crippen LogP contribution in [0.1, 0.15) is 6.42 Å². The summed E-state index contributed by atoms with van der Waals surface area (Å²) in [5.74, 6) is 1.75. The van der Waals surface area contributed by atoms with E-state index in [0.29, 0.717) is 16.9 Å². The van der Waals surface area contributed by atoms with Crippen molar-refractivity contribution in [3.8, 4) is 0 Å². The molecule has 1 saturated heterocycles. The number of rotatable bonds is 7. The normalized spacial score (nSPS) is 22.3. The van der Waals surface area contributed by atoms with Crippen LogP contribution < -0.4 is 4.90 Å². The van der Waals surface area contributed by atoms with Crippen molar-refractivity contribution in [1.82, 2.24) is 9.88 Å². The Balaban J connectivity index is 1.98. The predicted octanol–water partition coefficient (Wildman–Crippen LogP) is 1.75. The van der Waals surface area contributed by atoms with Crippen LogP contribution in [-0.4, -0.2) is 68.5 Å². The fourth-order valence-corrected chi connectivity index (χ4v) is 3.22. The molecule has 0 amide bonds. The van der Waals surface area contributed by atoms with Gasteiger partial charge in [-0.2, -0.15) is 0 Å². The first-order valence-corrected chi connectivity index (χ1v) is 8.15. The molecule has 2 rings (SSSR count). The minimum atomic E-state index is 0.225. The summed E-state index contributed by atoms with van der Waals surface area (Å²) in [6, 6.07) is 3.82. The third-order valence-electron chi connectivity index (χ3n) is 4.16.